The quantitative estimate of drug-likeness (QED) is 0.0199. The van der Waals surface area contributed by atoms with Crippen molar-refractivity contribution in [2.75, 3.05) is 26.4 Å². The molecule has 19 nitrogen and oxygen atoms in total. The van der Waals surface area contributed by atoms with E-state index >= 15 is 0 Å². The van der Waals surface area contributed by atoms with Gasteiger partial charge in [-0.1, -0.05) is 324 Å². The molecule has 17 atom stereocenters. The van der Waals surface area contributed by atoms with Gasteiger partial charge in [-0.15, -0.1) is 0 Å². The van der Waals surface area contributed by atoms with Crippen LogP contribution in [0.1, 0.15) is 328 Å². The molecule has 0 aromatic rings. The average molecular weight is 1480 g/mol. The SMILES string of the molecule is CC/C=C\C/C=C\C/C=C\C/C=C\CCCCCCCCCCCCCCCCCCC(=O)NC(COC1OC(CO)C(OC2OC(CO)C(OC3OC(CO)C(O)C(O)C3O)C(O)C2O)C(O)C1O)C(O)/C=C/CC/C=C/CCCCCCCCCCCCCCCCCCCCCCCCCC. The van der Waals surface area contributed by atoms with Crippen molar-refractivity contribution in [1.29, 1.82) is 0 Å². The molecule has 0 spiro atoms. The maximum atomic E-state index is 13.5. The van der Waals surface area contributed by atoms with Gasteiger partial charge in [0.15, 0.2) is 18.9 Å². The lowest BCUT2D eigenvalue weighted by Crippen LogP contribution is -2.66. The normalized spacial score (nSPS) is 26.3. The zero-order chi connectivity index (χ0) is 75.3. The number of ether oxygens (including phenoxy) is 6. The largest absolute Gasteiger partial charge is 0.394 e. The van der Waals surface area contributed by atoms with Gasteiger partial charge >= 0.3 is 0 Å². The number of carbonyl (C=O) groups excluding carboxylic acids is 1. The van der Waals surface area contributed by atoms with Crippen molar-refractivity contribution in [3.8, 4) is 0 Å². The lowest BCUT2D eigenvalue weighted by molar-refractivity contribution is -0.379. The molecule has 0 aromatic carbocycles. The number of hydrogen-bond acceptors (Lipinski definition) is 18. The van der Waals surface area contributed by atoms with E-state index in [1.165, 1.54) is 231 Å². The van der Waals surface area contributed by atoms with Crippen LogP contribution in [-0.2, 0) is 33.2 Å². The van der Waals surface area contributed by atoms with Gasteiger partial charge in [0.25, 0.3) is 0 Å². The molecule has 17 unspecified atom stereocenters. The third-order valence-corrected chi connectivity index (χ3v) is 20.7. The zero-order valence-corrected chi connectivity index (χ0v) is 65.0. The average Bonchev–Trinajstić information content (AvgIpc) is 0.781. The molecule has 606 valence electrons. The Balaban J connectivity index is 1.37. The van der Waals surface area contributed by atoms with Gasteiger partial charge in [-0.3, -0.25) is 4.79 Å². The predicted octanol–water partition coefficient (Wildman–Crippen LogP) is 14.8. The fourth-order valence-corrected chi connectivity index (χ4v) is 14.0. The van der Waals surface area contributed by atoms with Crippen molar-refractivity contribution in [2.24, 2.45) is 0 Å². The molecule has 0 aliphatic carbocycles. The first-order chi connectivity index (χ1) is 50.8. The molecule has 0 aromatic heterocycles. The number of aliphatic hydroxyl groups is 11. The van der Waals surface area contributed by atoms with Crippen molar-refractivity contribution >= 4 is 5.91 Å². The number of carbonyl (C=O) groups is 1. The second-order valence-corrected chi connectivity index (χ2v) is 29.9. The van der Waals surface area contributed by atoms with Crippen LogP contribution in [0, 0.1) is 0 Å². The summed E-state index contributed by atoms with van der Waals surface area (Å²) in [5.41, 5.74) is 0. The van der Waals surface area contributed by atoms with Gasteiger partial charge in [0.05, 0.1) is 38.6 Å². The number of hydrogen-bond donors (Lipinski definition) is 12. The Morgan fingerprint density at radius 3 is 1.08 bits per heavy atom. The first-order valence-corrected chi connectivity index (χ1v) is 42.2. The summed E-state index contributed by atoms with van der Waals surface area (Å²) in [4.78, 5) is 13.5. The van der Waals surface area contributed by atoms with Gasteiger partial charge in [0.2, 0.25) is 5.91 Å². The minimum atomic E-state index is -1.98. The predicted molar refractivity (Wildman–Crippen MR) is 415 cm³/mol. The summed E-state index contributed by atoms with van der Waals surface area (Å²) in [7, 11) is 0. The van der Waals surface area contributed by atoms with Gasteiger partial charge in [0.1, 0.15) is 73.2 Å². The van der Waals surface area contributed by atoms with Gasteiger partial charge < -0.3 is 89.9 Å². The molecule has 3 fully saturated rings. The Morgan fingerprint density at radius 1 is 0.356 bits per heavy atom. The summed E-state index contributed by atoms with van der Waals surface area (Å²) in [5.74, 6) is -0.283. The molecule has 0 saturated carbocycles. The summed E-state index contributed by atoms with van der Waals surface area (Å²) in [5, 5.41) is 121. The summed E-state index contributed by atoms with van der Waals surface area (Å²) >= 11 is 0. The number of unbranched alkanes of at least 4 members (excludes halogenated alkanes) is 41. The highest BCUT2D eigenvalue weighted by atomic mass is 16.8. The highest BCUT2D eigenvalue weighted by Gasteiger charge is 2.54. The molecule has 0 bridgehead atoms. The molecule has 3 rings (SSSR count). The molecule has 104 heavy (non-hydrogen) atoms. The van der Waals surface area contributed by atoms with E-state index in [1.54, 1.807) is 6.08 Å². The highest BCUT2D eigenvalue weighted by molar-refractivity contribution is 5.76. The Kier molecular flexibility index (Phi) is 59.6. The van der Waals surface area contributed by atoms with Gasteiger partial charge in [-0.25, -0.2) is 0 Å². The molecule has 0 radical (unpaired) electrons. The first-order valence-electron chi connectivity index (χ1n) is 42.2. The van der Waals surface area contributed by atoms with Crippen molar-refractivity contribution < 1.29 is 89.4 Å². The van der Waals surface area contributed by atoms with Gasteiger partial charge in [-0.05, 0) is 70.6 Å². The van der Waals surface area contributed by atoms with Crippen LogP contribution in [0.5, 0.6) is 0 Å². The summed E-state index contributed by atoms with van der Waals surface area (Å²) < 4.78 is 34.5. The molecule has 3 aliphatic rings. The van der Waals surface area contributed by atoms with Crippen LogP contribution in [0.25, 0.3) is 0 Å². The number of aliphatic hydroxyl groups excluding tert-OH is 11. The topological polar surface area (TPSA) is 307 Å². The molecule has 1 amide bonds. The molecule has 12 N–H and O–H groups in total. The Labute approximate surface area is 629 Å². The fourth-order valence-electron chi connectivity index (χ4n) is 14.0. The summed E-state index contributed by atoms with van der Waals surface area (Å²) in [6.45, 7) is 1.65. The molecule has 3 saturated heterocycles. The van der Waals surface area contributed by atoms with Crippen LogP contribution >= 0.6 is 0 Å². The second-order valence-electron chi connectivity index (χ2n) is 29.9. The van der Waals surface area contributed by atoms with E-state index in [4.69, 9.17) is 28.4 Å². The van der Waals surface area contributed by atoms with E-state index in [9.17, 15) is 61.0 Å². The van der Waals surface area contributed by atoms with Crippen molar-refractivity contribution in [3.63, 3.8) is 0 Å². The third-order valence-electron chi connectivity index (χ3n) is 20.7. The van der Waals surface area contributed by atoms with Crippen molar-refractivity contribution in [1.82, 2.24) is 5.32 Å². The first kappa shape index (κ1) is 95.4. The molecule has 3 aliphatic heterocycles. The van der Waals surface area contributed by atoms with Gasteiger partial charge in [-0.2, -0.15) is 0 Å². The van der Waals surface area contributed by atoms with Crippen LogP contribution in [0.15, 0.2) is 72.9 Å². The lowest BCUT2D eigenvalue weighted by atomic mass is 9.96. The zero-order valence-electron chi connectivity index (χ0n) is 65.0. The monoisotopic (exact) mass is 1480 g/mol. The molecular weight excluding hydrogens is 1320 g/mol. The minimum absolute atomic E-state index is 0.234. The highest BCUT2D eigenvalue weighted by Crippen LogP contribution is 2.33. The van der Waals surface area contributed by atoms with E-state index in [2.05, 4.69) is 79.9 Å². The summed E-state index contributed by atoms with van der Waals surface area (Å²) in [6, 6.07) is -0.995. The molecular formula is C85H153NO18. The molecule has 19 heteroatoms. The fraction of sp³-hybridized carbons (Fsp3) is 0.847. The lowest BCUT2D eigenvalue weighted by Gasteiger charge is -2.48. The van der Waals surface area contributed by atoms with Gasteiger partial charge in [0, 0.05) is 6.42 Å². The Hall–Kier alpha value is -2.77. The van der Waals surface area contributed by atoms with Crippen molar-refractivity contribution in [2.45, 2.75) is 433 Å². The Bertz CT molecular complexity index is 2160. The number of allylic oxidation sites excluding steroid dienone is 11. The number of amides is 1. The van der Waals surface area contributed by atoms with E-state index in [-0.39, 0.29) is 18.9 Å². The van der Waals surface area contributed by atoms with E-state index in [1.807, 2.05) is 6.08 Å². The van der Waals surface area contributed by atoms with Crippen LogP contribution in [0.3, 0.4) is 0 Å². The number of rotatable bonds is 67. The third kappa shape index (κ3) is 44.2. The maximum Gasteiger partial charge on any atom is 0.220 e. The van der Waals surface area contributed by atoms with Crippen LogP contribution in [-0.4, -0.2) is 193 Å². The Morgan fingerprint density at radius 2 is 0.673 bits per heavy atom. The van der Waals surface area contributed by atoms with Crippen molar-refractivity contribution in [3.05, 3.63) is 72.9 Å². The van der Waals surface area contributed by atoms with Crippen LogP contribution in [0.2, 0.25) is 0 Å². The van der Waals surface area contributed by atoms with E-state index < -0.39 is 124 Å². The standard InChI is InChI=1S/C85H153NO18/c1-3-5-7-9-11-13-15-17-19-21-23-25-27-29-31-33-35-36-38-40-42-44-46-48-50-52-54-56-58-60-62-69(90)68(86-73(91)63-61-59-57-55-53-51-49-47-45-43-41-39-37-34-32-30-28-26-24-22-20-18-16-14-12-10-8-6-4-2)67-99-83-79(97)76(94)81(71(65-88)101-83)104-85-80(98)77(95)82(72(66-89)102-85)103-84-78(96)75(93)74(92)70(64-87)100-84/h6,8,12,14,18,20,24,26,52,54,60,62,68-72,74-85,87-90,92-98H,3-5,7,9-11,13,15-17,19,21-23,25,27-51,53,55-59,61,63-67H2,1-2H3,(H,86,91)/b8-6-,14-12-,20-18-,26-24-,54-52+,62-60+. The van der Waals surface area contributed by atoms with E-state index in [0.717, 1.165) is 64.2 Å². The summed E-state index contributed by atoms with van der Waals surface area (Å²) in [6.07, 6.45) is 59.0. The second kappa shape index (κ2) is 65.0. The van der Waals surface area contributed by atoms with Crippen LogP contribution < -0.4 is 5.32 Å². The molecule has 3 heterocycles. The van der Waals surface area contributed by atoms with Crippen LogP contribution in [0.4, 0.5) is 0 Å². The smallest absolute Gasteiger partial charge is 0.220 e. The maximum absolute atomic E-state index is 13.5. The minimum Gasteiger partial charge on any atom is -0.394 e. The van der Waals surface area contributed by atoms with E-state index in [0.29, 0.717) is 12.8 Å². The number of nitrogens with one attached hydrogen (secondary N) is 1.